The van der Waals surface area contributed by atoms with Crippen molar-refractivity contribution in [2.24, 2.45) is 0 Å². The van der Waals surface area contributed by atoms with Crippen molar-refractivity contribution in [1.29, 1.82) is 5.26 Å². The monoisotopic (exact) mass is 202 g/mol. The average molecular weight is 202 g/mol. The maximum Gasteiger partial charge on any atom is 0.234 e. The molecule has 0 amide bonds. The van der Waals surface area contributed by atoms with Crippen LogP contribution in [0.1, 0.15) is 18.7 Å². The third kappa shape index (κ3) is 2.10. The minimum atomic E-state index is 0.171. The van der Waals surface area contributed by atoms with E-state index < -0.39 is 0 Å². The summed E-state index contributed by atoms with van der Waals surface area (Å²) in [5.74, 6) is 1.19. The Morgan fingerprint density at radius 3 is 2.80 bits per heavy atom. The second kappa shape index (κ2) is 4.05. The minimum absolute atomic E-state index is 0.171. The first kappa shape index (κ1) is 9.59. The van der Waals surface area contributed by atoms with Gasteiger partial charge in [-0.1, -0.05) is 0 Å². The van der Waals surface area contributed by atoms with Gasteiger partial charge in [0.2, 0.25) is 5.82 Å². The zero-order chi connectivity index (χ0) is 10.7. The smallest absolute Gasteiger partial charge is 0.234 e. The van der Waals surface area contributed by atoms with Gasteiger partial charge in [0.15, 0.2) is 0 Å². The molecule has 1 aliphatic rings. The van der Waals surface area contributed by atoms with E-state index in [1.165, 1.54) is 0 Å². The highest BCUT2D eigenvalue weighted by atomic mass is 16.1. The van der Waals surface area contributed by atoms with Gasteiger partial charge >= 0.3 is 0 Å². The second-order valence-electron chi connectivity index (χ2n) is 3.38. The number of carbonyl (C=O) groups is 1. The van der Waals surface area contributed by atoms with Gasteiger partial charge in [0.25, 0.3) is 0 Å². The fourth-order valence-electron chi connectivity index (χ4n) is 1.56. The van der Waals surface area contributed by atoms with E-state index in [1.54, 1.807) is 12.3 Å². The molecule has 0 bridgehead atoms. The van der Waals surface area contributed by atoms with Crippen LogP contribution in [0.5, 0.6) is 0 Å². The fraction of sp³-hybridized carbons (Fsp3) is 0.400. The molecule has 0 unspecified atom stereocenters. The lowest BCUT2D eigenvalue weighted by Crippen LogP contribution is -2.34. The molecule has 1 aromatic rings. The molecule has 1 saturated heterocycles. The van der Waals surface area contributed by atoms with Crippen LogP contribution in [0.25, 0.3) is 0 Å². The summed E-state index contributed by atoms with van der Waals surface area (Å²) < 4.78 is 0. The summed E-state index contributed by atoms with van der Waals surface area (Å²) in [5, 5.41) is 8.65. The molecule has 1 aliphatic heterocycles. The number of ketones is 1. The molecule has 0 atom stereocenters. The number of nitriles is 1. The molecule has 0 N–H and O–H groups in total. The van der Waals surface area contributed by atoms with Crippen molar-refractivity contribution in [3.63, 3.8) is 0 Å². The Labute approximate surface area is 87.4 Å². The van der Waals surface area contributed by atoms with E-state index in [0.717, 1.165) is 5.82 Å². The van der Waals surface area contributed by atoms with Gasteiger partial charge in [-0.05, 0) is 6.07 Å². The Morgan fingerprint density at radius 2 is 2.13 bits per heavy atom. The number of rotatable bonds is 1. The van der Waals surface area contributed by atoms with E-state index in [4.69, 9.17) is 5.26 Å². The molecule has 1 fully saturated rings. The molecule has 2 rings (SSSR count). The van der Waals surface area contributed by atoms with E-state index in [9.17, 15) is 4.79 Å². The molecule has 0 aliphatic carbocycles. The Morgan fingerprint density at radius 1 is 1.40 bits per heavy atom. The zero-order valence-electron chi connectivity index (χ0n) is 8.18. The number of nitrogens with zero attached hydrogens (tertiary/aromatic N) is 4. The molecule has 0 saturated carbocycles. The van der Waals surface area contributed by atoms with Crippen molar-refractivity contribution in [2.75, 3.05) is 18.0 Å². The standard InChI is InChI=1S/C10H10N4O/c11-7-9-12-4-1-10(13-9)14-5-2-8(15)3-6-14/h1,4H,2-3,5-6H2. The number of piperidine rings is 1. The Hall–Kier alpha value is -1.96. The molecule has 5 heteroatoms. The Balaban J connectivity index is 2.16. The molecule has 0 aromatic carbocycles. The summed E-state index contributed by atoms with van der Waals surface area (Å²) in [6.45, 7) is 1.36. The summed E-state index contributed by atoms with van der Waals surface area (Å²) in [5.41, 5.74) is 0. The highest BCUT2D eigenvalue weighted by Gasteiger charge is 2.17. The predicted octanol–water partition coefficient (Wildman–Crippen LogP) is 0.518. The normalized spacial score (nSPS) is 16.2. The van der Waals surface area contributed by atoms with Crippen LogP contribution in [0.4, 0.5) is 5.82 Å². The van der Waals surface area contributed by atoms with Crippen LogP contribution >= 0.6 is 0 Å². The van der Waals surface area contributed by atoms with Crippen molar-refractivity contribution in [3.8, 4) is 6.07 Å². The zero-order valence-corrected chi connectivity index (χ0v) is 8.18. The van der Waals surface area contributed by atoms with E-state index in [1.807, 2.05) is 11.0 Å². The SMILES string of the molecule is N#Cc1nccc(N2CCC(=O)CC2)n1. The minimum Gasteiger partial charge on any atom is -0.356 e. The van der Waals surface area contributed by atoms with Gasteiger partial charge in [0, 0.05) is 32.1 Å². The molecular weight excluding hydrogens is 192 g/mol. The van der Waals surface area contributed by atoms with Crippen LogP contribution in [0, 0.1) is 11.3 Å². The lowest BCUT2D eigenvalue weighted by atomic mass is 10.1. The first-order chi connectivity index (χ1) is 7.29. The average Bonchev–Trinajstić information content (AvgIpc) is 2.30. The van der Waals surface area contributed by atoms with Gasteiger partial charge < -0.3 is 4.90 Å². The van der Waals surface area contributed by atoms with Gasteiger partial charge in [-0.25, -0.2) is 9.97 Å². The molecule has 1 aromatic heterocycles. The maximum absolute atomic E-state index is 11.1. The largest absolute Gasteiger partial charge is 0.356 e. The van der Waals surface area contributed by atoms with Crippen LogP contribution in [0.3, 0.4) is 0 Å². The first-order valence-electron chi connectivity index (χ1n) is 4.79. The van der Waals surface area contributed by atoms with Gasteiger partial charge in [0.1, 0.15) is 17.7 Å². The van der Waals surface area contributed by atoms with E-state index >= 15 is 0 Å². The van der Waals surface area contributed by atoms with Crippen LogP contribution in [-0.4, -0.2) is 28.8 Å². The third-order valence-corrected chi connectivity index (χ3v) is 2.39. The van der Waals surface area contributed by atoms with Crippen LogP contribution in [0.15, 0.2) is 12.3 Å². The molecule has 2 heterocycles. The topological polar surface area (TPSA) is 69.9 Å². The Bertz CT molecular complexity index is 414. The molecule has 0 radical (unpaired) electrons. The lowest BCUT2D eigenvalue weighted by Gasteiger charge is -2.26. The summed E-state index contributed by atoms with van der Waals surface area (Å²) in [6.07, 6.45) is 2.69. The quantitative estimate of drug-likeness (QED) is 0.663. The number of Topliss-reactive ketones (excluding diaryl/α,β-unsaturated/α-hetero) is 1. The van der Waals surface area contributed by atoms with Crippen molar-refractivity contribution >= 4 is 11.6 Å². The highest BCUT2D eigenvalue weighted by Crippen LogP contribution is 2.14. The summed E-state index contributed by atoms with van der Waals surface area (Å²) >= 11 is 0. The van der Waals surface area contributed by atoms with Crippen molar-refractivity contribution in [3.05, 3.63) is 18.1 Å². The van der Waals surface area contributed by atoms with Crippen LogP contribution < -0.4 is 4.90 Å². The number of aromatic nitrogens is 2. The van der Waals surface area contributed by atoms with Crippen molar-refractivity contribution < 1.29 is 4.79 Å². The van der Waals surface area contributed by atoms with Gasteiger partial charge in [-0.15, -0.1) is 0 Å². The van der Waals surface area contributed by atoms with Crippen LogP contribution in [0.2, 0.25) is 0 Å². The van der Waals surface area contributed by atoms with Crippen LogP contribution in [-0.2, 0) is 4.79 Å². The maximum atomic E-state index is 11.1. The molecule has 0 spiro atoms. The van der Waals surface area contributed by atoms with Gasteiger partial charge in [-0.3, -0.25) is 4.79 Å². The van der Waals surface area contributed by atoms with Crippen molar-refractivity contribution in [1.82, 2.24) is 9.97 Å². The van der Waals surface area contributed by atoms with Gasteiger partial charge in [0.05, 0.1) is 0 Å². The van der Waals surface area contributed by atoms with E-state index in [-0.39, 0.29) is 5.82 Å². The van der Waals surface area contributed by atoms with Crippen molar-refractivity contribution in [2.45, 2.75) is 12.8 Å². The summed E-state index contributed by atoms with van der Waals surface area (Å²) in [4.78, 5) is 20.9. The lowest BCUT2D eigenvalue weighted by molar-refractivity contribution is -0.119. The van der Waals surface area contributed by atoms with E-state index in [2.05, 4.69) is 9.97 Å². The first-order valence-corrected chi connectivity index (χ1v) is 4.79. The van der Waals surface area contributed by atoms with E-state index in [0.29, 0.717) is 31.7 Å². The third-order valence-electron chi connectivity index (χ3n) is 2.39. The highest BCUT2D eigenvalue weighted by molar-refractivity contribution is 5.80. The number of anilines is 1. The Kier molecular flexibility index (Phi) is 2.59. The second-order valence-corrected chi connectivity index (χ2v) is 3.38. The molecule has 5 nitrogen and oxygen atoms in total. The predicted molar refractivity (Wildman–Crippen MR) is 53.2 cm³/mol. The number of carbonyl (C=O) groups excluding carboxylic acids is 1. The molecule has 15 heavy (non-hydrogen) atoms. The molecular formula is C10H10N4O. The molecule has 76 valence electrons. The fourth-order valence-corrected chi connectivity index (χ4v) is 1.56. The van der Waals surface area contributed by atoms with Gasteiger partial charge in [-0.2, -0.15) is 5.26 Å². The number of hydrogen-bond acceptors (Lipinski definition) is 5. The summed E-state index contributed by atoms with van der Waals surface area (Å²) in [6, 6.07) is 3.66. The number of hydrogen-bond donors (Lipinski definition) is 0. The summed E-state index contributed by atoms with van der Waals surface area (Å²) in [7, 11) is 0.